The normalized spacial score (nSPS) is 18.5. The van der Waals surface area contributed by atoms with Gasteiger partial charge in [-0.05, 0) is 18.3 Å². The summed E-state index contributed by atoms with van der Waals surface area (Å²) in [5.74, 6) is 0.995. The Morgan fingerprint density at radius 2 is 2.11 bits per heavy atom. The molecule has 1 saturated heterocycles. The topological polar surface area (TPSA) is 42.3 Å². The Labute approximate surface area is 116 Å². The average molecular weight is 266 g/mol. The summed E-state index contributed by atoms with van der Waals surface area (Å²) < 4.78 is 7.57. The SMILES string of the molecule is CN(C)c1ncc(CNCC2(C)CCOCC2)n1C. The summed E-state index contributed by atoms with van der Waals surface area (Å²) in [6, 6.07) is 0. The molecule has 2 heterocycles. The van der Waals surface area contributed by atoms with Crippen LogP contribution in [0.25, 0.3) is 0 Å². The van der Waals surface area contributed by atoms with E-state index in [-0.39, 0.29) is 0 Å². The number of rotatable bonds is 5. The summed E-state index contributed by atoms with van der Waals surface area (Å²) in [5, 5.41) is 3.57. The molecule has 0 aliphatic carbocycles. The van der Waals surface area contributed by atoms with Gasteiger partial charge < -0.3 is 19.5 Å². The molecule has 1 aliphatic rings. The molecule has 1 N–H and O–H groups in total. The molecule has 108 valence electrons. The predicted octanol–water partition coefficient (Wildman–Crippen LogP) is 1.39. The molecular formula is C14H26N4O. The van der Waals surface area contributed by atoms with Crippen LogP contribution >= 0.6 is 0 Å². The minimum atomic E-state index is 0.376. The Morgan fingerprint density at radius 1 is 1.42 bits per heavy atom. The Hall–Kier alpha value is -1.07. The fourth-order valence-corrected chi connectivity index (χ4v) is 2.55. The van der Waals surface area contributed by atoms with Crippen LogP contribution in [0.2, 0.25) is 0 Å². The number of imidazole rings is 1. The third-order valence-corrected chi connectivity index (χ3v) is 4.02. The summed E-state index contributed by atoms with van der Waals surface area (Å²) >= 11 is 0. The zero-order valence-electron chi connectivity index (χ0n) is 12.6. The lowest BCUT2D eigenvalue weighted by Crippen LogP contribution is -2.36. The third kappa shape index (κ3) is 3.48. The monoisotopic (exact) mass is 266 g/mol. The van der Waals surface area contributed by atoms with Crippen LogP contribution in [-0.4, -0.2) is 43.4 Å². The number of nitrogens with one attached hydrogen (secondary N) is 1. The van der Waals surface area contributed by atoms with E-state index >= 15 is 0 Å². The smallest absolute Gasteiger partial charge is 0.204 e. The predicted molar refractivity (Wildman–Crippen MR) is 77.4 cm³/mol. The van der Waals surface area contributed by atoms with Crippen molar-refractivity contribution in [3.05, 3.63) is 11.9 Å². The molecule has 5 nitrogen and oxygen atoms in total. The van der Waals surface area contributed by atoms with Gasteiger partial charge in [0.2, 0.25) is 5.95 Å². The lowest BCUT2D eigenvalue weighted by atomic mass is 9.82. The molecule has 0 saturated carbocycles. The fraction of sp³-hybridized carbons (Fsp3) is 0.786. The van der Waals surface area contributed by atoms with Crippen LogP contribution in [0.5, 0.6) is 0 Å². The molecule has 5 heteroatoms. The standard InChI is InChI=1S/C14H26N4O/c1-14(5-7-19-8-6-14)11-15-9-12-10-16-13(17(2)3)18(12)4/h10,15H,5-9,11H2,1-4H3. The Kier molecular flexibility index (Phi) is 4.47. The number of hydrogen-bond donors (Lipinski definition) is 1. The molecule has 0 spiro atoms. The molecule has 1 aromatic rings. The largest absolute Gasteiger partial charge is 0.381 e. The number of hydrogen-bond acceptors (Lipinski definition) is 4. The van der Waals surface area contributed by atoms with Gasteiger partial charge in [0.05, 0.1) is 11.9 Å². The maximum atomic E-state index is 5.43. The van der Waals surface area contributed by atoms with Crippen molar-refractivity contribution in [2.24, 2.45) is 12.5 Å². The molecule has 1 fully saturated rings. The Balaban J connectivity index is 1.85. The van der Waals surface area contributed by atoms with Gasteiger partial charge in [0.15, 0.2) is 0 Å². The molecule has 1 aromatic heterocycles. The van der Waals surface area contributed by atoms with Gasteiger partial charge >= 0.3 is 0 Å². The Bertz CT molecular complexity index is 408. The first-order valence-corrected chi connectivity index (χ1v) is 6.98. The van der Waals surface area contributed by atoms with Crippen LogP contribution in [0.4, 0.5) is 5.95 Å². The molecule has 2 rings (SSSR count). The maximum Gasteiger partial charge on any atom is 0.204 e. The van der Waals surface area contributed by atoms with Gasteiger partial charge in [0.25, 0.3) is 0 Å². The summed E-state index contributed by atoms with van der Waals surface area (Å²) in [7, 11) is 6.10. The zero-order valence-corrected chi connectivity index (χ0v) is 12.6. The van der Waals surface area contributed by atoms with Crippen molar-refractivity contribution in [2.45, 2.75) is 26.3 Å². The van der Waals surface area contributed by atoms with Gasteiger partial charge in [0, 0.05) is 47.4 Å². The minimum Gasteiger partial charge on any atom is -0.381 e. The second kappa shape index (κ2) is 5.92. The highest BCUT2D eigenvalue weighted by Gasteiger charge is 2.26. The molecular weight excluding hydrogens is 240 g/mol. The van der Waals surface area contributed by atoms with Crippen LogP contribution in [0.1, 0.15) is 25.5 Å². The van der Waals surface area contributed by atoms with Crippen molar-refractivity contribution in [3.8, 4) is 0 Å². The minimum absolute atomic E-state index is 0.376. The van der Waals surface area contributed by atoms with Crippen LogP contribution in [0.15, 0.2) is 6.20 Å². The van der Waals surface area contributed by atoms with Gasteiger partial charge in [-0.3, -0.25) is 0 Å². The van der Waals surface area contributed by atoms with E-state index in [2.05, 4.69) is 28.8 Å². The van der Waals surface area contributed by atoms with Gasteiger partial charge in [-0.2, -0.15) is 0 Å². The van der Waals surface area contributed by atoms with Gasteiger partial charge in [-0.25, -0.2) is 4.98 Å². The highest BCUT2D eigenvalue weighted by Crippen LogP contribution is 2.28. The molecule has 0 radical (unpaired) electrons. The van der Waals surface area contributed by atoms with Crippen molar-refractivity contribution in [1.82, 2.24) is 14.9 Å². The molecule has 0 bridgehead atoms. The van der Waals surface area contributed by atoms with E-state index in [0.29, 0.717) is 5.41 Å². The van der Waals surface area contributed by atoms with E-state index in [1.54, 1.807) is 0 Å². The van der Waals surface area contributed by atoms with E-state index in [1.807, 2.05) is 25.2 Å². The van der Waals surface area contributed by atoms with E-state index in [1.165, 1.54) is 5.69 Å². The van der Waals surface area contributed by atoms with Crippen LogP contribution in [0, 0.1) is 5.41 Å². The highest BCUT2D eigenvalue weighted by atomic mass is 16.5. The first kappa shape index (κ1) is 14.3. The van der Waals surface area contributed by atoms with Gasteiger partial charge in [-0.1, -0.05) is 6.92 Å². The second-order valence-corrected chi connectivity index (χ2v) is 6.03. The van der Waals surface area contributed by atoms with Crippen molar-refractivity contribution >= 4 is 5.95 Å². The summed E-state index contributed by atoms with van der Waals surface area (Å²) in [6.07, 6.45) is 4.25. The number of ether oxygens (including phenoxy) is 1. The number of nitrogens with zero attached hydrogens (tertiary/aromatic N) is 3. The van der Waals surface area contributed by atoms with Crippen LogP contribution in [-0.2, 0) is 18.3 Å². The molecule has 19 heavy (non-hydrogen) atoms. The maximum absolute atomic E-state index is 5.43. The summed E-state index contributed by atoms with van der Waals surface area (Å²) in [4.78, 5) is 6.46. The van der Waals surface area contributed by atoms with E-state index in [0.717, 1.165) is 45.1 Å². The van der Waals surface area contributed by atoms with Crippen LogP contribution in [0.3, 0.4) is 0 Å². The van der Waals surface area contributed by atoms with Gasteiger partial charge in [-0.15, -0.1) is 0 Å². The highest BCUT2D eigenvalue weighted by molar-refractivity contribution is 5.30. The quantitative estimate of drug-likeness (QED) is 0.874. The van der Waals surface area contributed by atoms with Crippen LogP contribution < -0.4 is 10.2 Å². The Morgan fingerprint density at radius 3 is 2.68 bits per heavy atom. The average Bonchev–Trinajstić information content (AvgIpc) is 2.72. The van der Waals surface area contributed by atoms with E-state index in [9.17, 15) is 0 Å². The first-order valence-electron chi connectivity index (χ1n) is 6.98. The fourth-order valence-electron chi connectivity index (χ4n) is 2.55. The second-order valence-electron chi connectivity index (χ2n) is 6.03. The van der Waals surface area contributed by atoms with Crippen molar-refractivity contribution in [2.75, 3.05) is 38.8 Å². The van der Waals surface area contributed by atoms with Crippen molar-refractivity contribution in [1.29, 1.82) is 0 Å². The number of anilines is 1. The molecule has 0 amide bonds. The molecule has 0 aromatic carbocycles. The summed E-state index contributed by atoms with van der Waals surface area (Å²) in [5.41, 5.74) is 1.60. The third-order valence-electron chi connectivity index (χ3n) is 4.02. The van der Waals surface area contributed by atoms with Crippen molar-refractivity contribution < 1.29 is 4.74 Å². The molecule has 0 unspecified atom stereocenters. The molecule has 0 atom stereocenters. The summed E-state index contributed by atoms with van der Waals surface area (Å²) in [6.45, 7) is 6.05. The van der Waals surface area contributed by atoms with Crippen molar-refractivity contribution in [3.63, 3.8) is 0 Å². The lowest BCUT2D eigenvalue weighted by Gasteiger charge is -2.33. The van der Waals surface area contributed by atoms with Gasteiger partial charge in [0.1, 0.15) is 0 Å². The zero-order chi connectivity index (χ0) is 13.9. The molecule has 1 aliphatic heterocycles. The lowest BCUT2D eigenvalue weighted by molar-refractivity contribution is 0.0239. The number of aromatic nitrogens is 2. The van der Waals surface area contributed by atoms with E-state index < -0.39 is 0 Å². The van der Waals surface area contributed by atoms with E-state index in [4.69, 9.17) is 4.74 Å². The first-order chi connectivity index (χ1) is 9.02.